The molecule has 2 amide bonds. The Kier molecular flexibility index (Phi) is 9.11. The molecule has 1 saturated heterocycles. The van der Waals surface area contributed by atoms with Crippen molar-refractivity contribution in [2.45, 2.75) is 44.6 Å². The normalized spacial score (nSPS) is 21.1. The number of cyclic esters (lactones) is 1. The molecule has 2 fully saturated rings. The minimum Gasteiger partial charge on any atom is -0.482 e. The third kappa shape index (κ3) is 6.44. The summed E-state index contributed by atoms with van der Waals surface area (Å²) in [5.74, 6) is -7.07. The van der Waals surface area contributed by atoms with E-state index >= 15 is 0 Å². The standard InChI is InChI=1S/C23H25F3N2O6.C2H4.H2/c24-15-9-16(25)20(26)21-14(15)5-8-33-19(30)10-17(18(29)11-34-21)27-22(31)12-3-6-28(7-4-12)23(32)13-1-2-13;1-2;/h9,12-13,17H,1-8,10-11H2,(H,27,31);1-2H2;1H/t17-;;/m0../s1. The van der Waals surface area contributed by atoms with Crippen LogP contribution in [-0.4, -0.2) is 60.8 Å². The highest BCUT2D eigenvalue weighted by Gasteiger charge is 2.37. The minimum atomic E-state index is -1.48. The predicted molar refractivity (Wildman–Crippen MR) is 123 cm³/mol. The van der Waals surface area contributed by atoms with Crippen LogP contribution in [0.5, 0.6) is 5.75 Å². The molecule has 1 aliphatic carbocycles. The summed E-state index contributed by atoms with van der Waals surface area (Å²) >= 11 is 0. The van der Waals surface area contributed by atoms with Gasteiger partial charge in [0.05, 0.1) is 13.0 Å². The number of halogens is 3. The molecule has 1 aromatic carbocycles. The van der Waals surface area contributed by atoms with Gasteiger partial charge in [-0.05, 0) is 25.7 Å². The van der Waals surface area contributed by atoms with Crippen molar-refractivity contribution in [3.8, 4) is 5.75 Å². The van der Waals surface area contributed by atoms with E-state index in [1.54, 1.807) is 4.90 Å². The zero-order chi connectivity index (χ0) is 26.4. The van der Waals surface area contributed by atoms with Gasteiger partial charge < -0.3 is 19.7 Å². The fourth-order valence-electron chi connectivity index (χ4n) is 4.22. The number of ether oxygens (including phenoxy) is 2. The molecule has 0 radical (unpaired) electrons. The number of piperidine rings is 1. The summed E-state index contributed by atoms with van der Waals surface area (Å²) in [7, 11) is 0. The summed E-state index contributed by atoms with van der Waals surface area (Å²) in [6, 6.07) is -0.956. The summed E-state index contributed by atoms with van der Waals surface area (Å²) in [5.41, 5.74) is -0.352. The Morgan fingerprint density at radius 2 is 1.67 bits per heavy atom. The first-order valence-electron chi connectivity index (χ1n) is 11.8. The topological polar surface area (TPSA) is 102 Å². The van der Waals surface area contributed by atoms with Crippen molar-refractivity contribution in [3.63, 3.8) is 0 Å². The number of likely N-dealkylation sites (tertiary alicyclic amines) is 1. The molecule has 0 aromatic heterocycles. The van der Waals surface area contributed by atoms with Crippen LogP contribution in [0, 0.1) is 29.3 Å². The molecule has 1 N–H and O–H groups in total. The van der Waals surface area contributed by atoms with Crippen LogP contribution >= 0.6 is 0 Å². The zero-order valence-electron chi connectivity index (χ0n) is 19.8. The van der Waals surface area contributed by atoms with Crippen molar-refractivity contribution in [1.82, 2.24) is 10.2 Å². The molecule has 2 aliphatic heterocycles. The highest BCUT2D eigenvalue weighted by atomic mass is 19.2. The summed E-state index contributed by atoms with van der Waals surface area (Å²) in [6.45, 7) is 5.72. The van der Waals surface area contributed by atoms with Crippen molar-refractivity contribution in [3.05, 3.63) is 42.2 Å². The smallest absolute Gasteiger partial charge is 0.308 e. The van der Waals surface area contributed by atoms with Gasteiger partial charge in [0, 0.05) is 44.4 Å². The van der Waals surface area contributed by atoms with Crippen molar-refractivity contribution in [2.24, 2.45) is 11.8 Å². The van der Waals surface area contributed by atoms with Crippen LogP contribution < -0.4 is 10.1 Å². The fraction of sp³-hybridized carbons (Fsp3) is 0.520. The highest BCUT2D eigenvalue weighted by molar-refractivity contribution is 5.93. The Hall–Kier alpha value is -3.37. The number of rotatable bonds is 3. The van der Waals surface area contributed by atoms with Gasteiger partial charge in [0.2, 0.25) is 17.6 Å². The van der Waals surface area contributed by atoms with E-state index in [-0.39, 0.29) is 31.8 Å². The lowest BCUT2D eigenvalue weighted by molar-refractivity contribution is -0.146. The molecule has 36 heavy (non-hydrogen) atoms. The van der Waals surface area contributed by atoms with E-state index in [0.717, 1.165) is 12.8 Å². The molecular formula is C25H31F3N2O6. The van der Waals surface area contributed by atoms with Crippen LogP contribution in [0.15, 0.2) is 19.2 Å². The Balaban J connectivity index is 0.00000157. The molecule has 8 nitrogen and oxygen atoms in total. The minimum absolute atomic E-state index is 0. The Labute approximate surface area is 208 Å². The Morgan fingerprint density at radius 1 is 1.00 bits per heavy atom. The van der Waals surface area contributed by atoms with Crippen LogP contribution in [-0.2, 0) is 30.3 Å². The maximum absolute atomic E-state index is 14.2. The van der Waals surface area contributed by atoms with Gasteiger partial charge in [0.1, 0.15) is 18.5 Å². The number of ketones is 1. The number of carbonyl (C=O) groups is 4. The van der Waals surface area contributed by atoms with Crippen LogP contribution in [0.2, 0.25) is 0 Å². The number of Topliss-reactive ketones (excluding diaryl/α,β-unsaturated/α-hetero) is 1. The molecule has 4 rings (SSSR count). The molecule has 3 aliphatic rings. The first kappa shape index (κ1) is 27.2. The third-order valence-corrected chi connectivity index (χ3v) is 6.38. The van der Waals surface area contributed by atoms with E-state index in [9.17, 15) is 32.3 Å². The van der Waals surface area contributed by atoms with Gasteiger partial charge in [-0.25, -0.2) is 8.78 Å². The molecule has 0 bridgehead atoms. The third-order valence-electron chi connectivity index (χ3n) is 6.38. The predicted octanol–water partition coefficient (Wildman–Crippen LogP) is 2.72. The molecule has 11 heteroatoms. The van der Waals surface area contributed by atoms with Gasteiger partial charge in [0.25, 0.3) is 0 Å². The summed E-state index contributed by atoms with van der Waals surface area (Å²) in [4.78, 5) is 51.6. The zero-order valence-corrected chi connectivity index (χ0v) is 19.8. The van der Waals surface area contributed by atoms with Crippen LogP contribution in [0.1, 0.15) is 39.1 Å². The Morgan fingerprint density at radius 3 is 2.31 bits per heavy atom. The molecule has 2 heterocycles. The first-order valence-corrected chi connectivity index (χ1v) is 11.8. The van der Waals surface area contributed by atoms with Crippen molar-refractivity contribution < 1.29 is 43.2 Å². The lowest BCUT2D eigenvalue weighted by Gasteiger charge is -2.32. The van der Waals surface area contributed by atoms with Crippen LogP contribution in [0.25, 0.3) is 0 Å². The number of nitrogens with one attached hydrogen (secondary N) is 1. The second-order valence-electron chi connectivity index (χ2n) is 8.83. The highest BCUT2D eigenvalue weighted by Crippen LogP contribution is 2.32. The van der Waals surface area contributed by atoms with Gasteiger partial charge in [-0.15, -0.1) is 13.2 Å². The van der Waals surface area contributed by atoms with Crippen molar-refractivity contribution in [2.75, 3.05) is 26.3 Å². The number of fused-ring (bicyclic) bond motifs is 1. The van der Waals surface area contributed by atoms with Gasteiger partial charge in [-0.1, -0.05) is 0 Å². The maximum Gasteiger partial charge on any atom is 0.308 e. The molecule has 198 valence electrons. The second-order valence-corrected chi connectivity index (χ2v) is 8.83. The Bertz CT molecular complexity index is 1030. The van der Waals surface area contributed by atoms with Gasteiger partial charge >= 0.3 is 5.97 Å². The van der Waals surface area contributed by atoms with E-state index in [2.05, 4.69) is 18.5 Å². The molecule has 1 atom stereocenters. The summed E-state index contributed by atoms with van der Waals surface area (Å²) in [5, 5.41) is 2.53. The average Bonchev–Trinajstić information content (AvgIpc) is 3.72. The van der Waals surface area contributed by atoms with Crippen molar-refractivity contribution >= 4 is 23.6 Å². The van der Waals surface area contributed by atoms with E-state index in [4.69, 9.17) is 9.47 Å². The number of carbonyl (C=O) groups excluding carboxylic acids is 4. The van der Waals surface area contributed by atoms with Gasteiger partial charge in [0.15, 0.2) is 17.3 Å². The molecule has 1 aromatic rings. The van der Waals surface area contributed by atoms with Gasteiger partial charge in [-0.3, -0.25) is 19.2 Å². The molecule has 0 unspecified atom stereocenters. The quantitative estimate of drug-likeness (QED) is 0.380. The SMILES string of the molecule is C=C.O=C1C[C@H](NC(=O)C2CCN(C(=O)C3CC3)CC2)C(=O)COc2c(F)c(F)cc(F)c2CCO1.[HH]. The number of benzene rings is 1. The number of nitrogens with zero attached hydrogens (tertiary/aromatic N) is 1. The molecule has 0 spiro atoms. The summed E-state index contributed by atoms with van der Waals surface area (Å²) < 4.78 is 52.1. The largest absolute Gasteiger partial charge is 0.482 e. The maximum atomic E-state index is 14.2. The lowest BCUT2D eigenvalue weighted by atomic mass is 9.94. The number of hydrogen-bond donors (Lipinski definition) is 1. The van der Waals surface area contributed by atoms with E-state index in [1.165, 1.54) is 0 Å². The average molecular weight is 513 g/mol. The monoisotopic (exact) mass is 512 g/mol. The first-order chi connectivity index (χ1) is 17.2. The summed E-state index contributed by atoms with van der Waals surface area (Å²) in [6.07, 6.45) is 1.87. The number of amides is 2. The number of esters is 1. The number of hydrogen-bond acceptors (Lipinski definition) is 6. The van der Waals surface area contributed by atoms with E-state index < -0.39 is 65.8 Å². The molecular weight excluding hydrogens is 481 g/mol. The fourth-order valence-corrected chi connectivity index (χ4v) is 4.22. The van der Waals surface area contributed by atoms with Crippen LogP contribution in [0.4, 0.5) is 13.2 Å². The lowest BCUT2D eigenvalue weighted by Crippen LogP contribution is -2.49. The van der Waals surface area contributed by atoms with Gasteiger partial charge in [-0.2, -0.15) is 4.39 Å². The van der Waals surface area contributed by atoms with Crippen LogP contribution in [0.3, 0.4) is 0 Å². The van der Waals surface area contributed by atoms with E-state index in [1.807, 2.05) is 0 Å². The van der Waals surface area contributed by atoms with E-state index in [0.29, 0.717) is 32.0 Å². The van der Waals surface area contributed by atoms with Crippen molar-refractivity contribution in [1.29, 1.82) is 0 Å². The molecule has 1 saturated carbocycles. The second kappa shape index (κ2) is 12.0.